The van der Waals surface area contributed by atoms with Crippen LogP contribution in [0.1, 0.15) is 64.6 Å². The van der Waals surface area contributed by atoms with Crippen LogP contribution in [0, 0.1) is 12.1 Å². The summed E-state index contributed by atoms with van der Waals surface area (Å²) in [5.41, 5.74) is 3.92. The van der Waals surface area contributed by atoms with E-state index in [1.165, 1.54) is 11.1 Å². The molecule has 0 fully saturated rings. The summed E-state index contributed by atoms with van der Waals surface area (Å²) in [6.45, 7) is 10.1. The molecule has 0 aliphatic carbocycles. The number of aromatic nitrogens is 1. The van der Waals surface area contributed by atoms with Crippen molar-refractivity contribution in [2.75, 3.05) is 0 Å². The maximum atomic E-state index is 12.6. The lowest BCUT2D eigenvalue weighted by molar-refractivity contribution is -0.584. The highest BCUT2D eigenvalue weighted by molar-refractivity contribution is 5.84. The smallest absolute Gasteiger partial charge is 0.227 e. The van der Waals surface area contributed by atoms with Gasteiger partial charge in [-0.3, -0.25) is 0 Å². The first-order valence-corrected chi connectivity index (χ1v) is 10.5. The Morgan fingerprint density at radius 2 is 1.97 bits per heavy atom. The molecule has 3 rings (SSSR count). The number of nitrogens with zero attached hydrogens (tertiary/aromatic N) is 1. The van der Waals surface area contributed by atoms with Crippen LogP contribution in [0.15, 0.2) is 47.6 Å². The third-order valence-corrected chi connectivity index (χ3v) is 5.96. The van der Waals surface area contributed by atoms with E-state index in [1.807, 2.05) is 38.1 Å². The number of para-hydroxylation sites is 1. The molecule has 156 valence electrons. The van der Waals surface area contributed by atoms with Crippen LogP contribution < -0.4 is 9.47 Å². The van der Waals surface area contributed by atoms with Crippen LogP contribution in [-0.4, -0.2) is 16.8 Å². The number of hydrogen-bond donors (Lipinski definition) is 1. The van der Waals surface area contributed by atoms with Crippen LogP contribution in [0.5, 0.6) is 5.75 Å². The van der Waals surface area contributed by atoms with E-state index in [2.05, 4.69) is 32.9 Å². The first kappa shape index (κ1) is 21.4. The predicted molar refractivity (Wildman–Crippen MR) is 118 cm³/mol. The predicted octanol–water partition coefficient (Wildman–Crippen LogP) is 5.31. The van der Waals surface area contributed by atoms with E-state index >= 15 is 0 Å². The molecule has 1 aliphatic rings. The van der Waals surface area contributed by atoms with Gasteiger partial charge in [0.25, 0.3) is 0 Å². The number of hydrogen-bond acceptors (Lipinski definition) is 3. The summed E-state index contributed by atoms with van der Waals surface area (Å²) in [6, 6.07) is 7.50. The summed E-state index contributed by atoms with van der Waals surface area (Å²) in [6.07, 6.45) is 8.24. The number of aliphatic hydroxyl groups is 1. The Balaban J connectivity index is 1.70. The van der Waals surface area contributed by atoms with Gasteiger partial charge in [0.15, 0.2) is 5.69 Å². The van der Waals surface area contributed by atoms with Gasteiger partial charge in [0.1, 0.15) is 11.9 Å². The van der Waals surface area contributed by atoms with Crippen molar-refractivity contribution < 1.29 is 14.6 Å². The Morgan fingerprint density at radius 1 is 1.24 bits per heavy atom. The Hall–Kier alpha value is -2.33. The van der Waals surface area contributed by atoms with Gasteiger partial charge in [-0.25, -0.2) is 0 Å². The molecular formula is C25H33NO3. The minimum absolute atomic E-state index is 0.346. The first-order valence-electron chi connectivity index (χ1n) is 10.5. The lowest BCUT2D eigenvalue weighted by atomic mass is 9.89. The number of allylic oxidation sites excluding steroid dienone is 4. The molecule has 0 bridgehead atoms. The Morgan fingerprint density at radius 3 is 2.69 bits per heavy atom. The number of ether oxygens (including phenoxy) is 1. The molecule has 0 amide bonds. The molecule has 1 aliphatic heterocycles. The number of fused-ring (bicyclic) bond motifs is 3. The molecule has 4 heteroatoms. The fourth-order valence-electron chi connectivity index (χ4n) is 4.03. The van der Waals surface area contributed by atoms with Crippen LogP contribution in [0.3, 0.4) is 0 Å². The monoisotopic (exact) mass is 395 g/mol. The minimum Gasteiger partial charge on any atom is -0.618 e. The van der Waals surface area contributed by atoms with Crippen molar-refractivity contribution in [3.05, 3.63) is 64.0 Å². The lowest BCUT2D eigenvalue weighted by Gasteiger charge is -2.29. The van der Waals surface area contributed by atoms with Crippen LogP contribution >= 0.6 is 0 Å². The average Bonchev–Trinajstić information content (AvgIpc) is 3.12. The van der Waals surface area contributed by atoms with E-state index in [1.54, 1.807) is 0 Å². The molecule has 2 unspecified atom stereocenters. The maximum absolute atomic E-state index is 12.6. The molecular weight excluding hydrogens is 362 g/mol. The van der Waals surface area contributed by atoms with Crippen molar-refractivity contribution in [3.8, 4) is 5.75 Å². The molecule has 29 heavy (non-hydrogen) atoms. The number of rotatable bonds is 7. The van der Waals surface area contributed by atoms with E-state index in [9.17, 15) is 10.3 Å². The molecule has 2 heterocycles. The fraction of sp³-hybridized carbons (Fsp3) is 0.480. The molecule has 1 aromatic carbocycles. The second kappa shape index (κ2) is 8.58. The Bertz CT molecular complexity index is 952. The fourth-order valence-corrected chi connectivity index (χ4v) is 4.03. The highest BCUT2D eigenvalue weighted by Crippen LogP contribution is 2.40. The SMILES string of the molecule is CC(C)=CCC/C(C)=C/CCC(C)(O)C1Cc2c(c3ccccc3[n+]([O-])c2C)O1. The van der Waals surface area contributed by atoms with Crippen molar-refractivity contribution in [2.24, 2.45) is 0 Å². The molecule has 2 atom stereocenters. The van der Waals surface area contributed by atoms with E-state index in [-0.39, 0.29) is 6.10 Å². The van der Waals surface area contributed by atoms with Crippen molar-refractivity contribution in [1.82, 2.24) is 0 Å². The van der Waals surface area contributed by atoms with Gasteiger partial charge in [0.2, 0.25) is 5.52 Å². The molecule has 4 nitrogen and oxygen atoms in total. The van der Waals surface area contributed by atoms with E-state index < -0.39 is 5.60 Å². The maximum Gasteiger partial charge on any atom is 0.227 e. The molecule has 1 N–H and O–H groups in total. The molecule has 0 radical (unpaired) electrons. The van der Waals surface area contributed by atoms with Crippen LogP contribution in [0.2, 0.25) is 0 Å². The van der Waals surface area contributed by atoms with Crippen molar-refractivity contribution >= 4 is 10.9 Å². The third kappa shape index (κ3) is 4.64. The van der Waals surface area contributed by atoms with Gasteiger partial charge in [-0.1, -0.05) is 35.4 Å². The second-order valence-corrected chi connectivity index (χ2v) is 8.78. The number of pyridine rings is 1. The summed E-state index contributed by atoms with van der Waals surface area (Å²) in [4.78, 5) is 0. The highest BCUT2D eigenvalue weighted by Gasteiger charge is 2.41. The average molecular weight is 396 g/mol. The van der Waals surface area contributed by atoms with Gasteiger partial charge in [-0.05, 0) is 59.4 Å². The Kier molecular flexibility index (Phi) is 6.33. The minimum atomic E-state index is -0.961. The summed E-state index contributed by atoms with van der Waals surface area (Å²) < 4.78 is 7.22. The quantitative estimate of drug-likeness (QED) is 0.393. The zero-order chi connectivity index (χ0) is 21.2. The van der Waals surface area contributed by atoms with Gasteiger partial charge < -0.3 is 15.1 Å². The van der Waals surface area contributed by atoms with Crippen molar-refractivity contribution in [2.45, 2.75) is 78.4 Å². The normalized spacial score (nSPS) is 18.3. The van der Waals surface area contributed by atoms with Crippen molar-refractivity contribution in [3.63, 3.8) is 0 Å². The Labute approximate surface area is 174 Å². The van der Waals surface area contributed by atoms with E-state index in [0.29, 0.717) is 24.1 Å². The zero-order valence-corrected chi connectivity index (χ0v) is 18.3. The van der Waals surface area contributed by atoms with E-state index in [4.69, 9.17) is 4.74 Å². The summed E-state index contributed by atoms with van der Waals surface area (Å²) in [5, 5.41) is 24.6. The summed E-state index contributed by atoms with van der Waals surface area (Å²) in [7, 11) is 0. The van der Waals surface area contributed by atoms with Gasteiger partial charge in [0, 0.05) is 19.4 Å². The third-order valence-electron chi connectivity index (χ3n) is 5.96. The topological polar surface area (TPSA) is 56.4 Å². The van der Waals surface area contributed by atoms with Crippen molar-refractivity contribution in [1.29, 1.82) is 0 Å². The molecule has 0 saturated heterocycles. The largest absolute Gasteiger partial charge is 0.618 e. The van der Waals surface area contributed by atoms with Gasteiger partial charge in [-0.2, -0.15) is 4.73 Å². The molecule has 0 spiro atoms. The van der Waals surface area contributed by atoms with Gasteiger partial charge in [0.05, 0.1) is 16.6 Å². The standard InChI is InChI=1S/C25H33NO3/c1-17(2)10-8-11-18(3)12-9-15-25(5,27)23-16-21-19(4)26(28)22-14-7-6-13-20(22)24(21)29-23/h6-7,10,12-14,23,27H,8-9,11,15-16H2,1-5H3/b18-12+. The van der Waals surface area contributed by atoms with Gasteiger partial charge in [-0.15, -0.1) is 0 Å². The van der Waals surface area contributed by atoms with Crippen LogP contribution in [0.25, 0.3) is 10.9 Å². The number of benzene rings is 1. The zero-order valence-electron chi connectivity index (χ0n) is 18.3. The van der Waals surface area contributed by atoms with E-state index in [0.717, 1.165) is 40.7 Å². The summed E-state index contributed by atoms with van der Waals surface area (Å²) in [5.74, 6) is 0.754. The lowest BCUT2D eigenvalue weighted by Crippen LogP contribution is -2.42. The highest BCUT2D eigenvalue weighted by atomic mass is 16.5. The molecule has 1 aromatic heterocycles. The van der Waals surface area contributed by atoms with Gasteiger partial charge >= 0.3 is 0 Å². The summed E-state index contributed by atoms with van der Waals surface area (Å²) >= 11 is 0. The second-order valence-electron chi connectivity index (χ2n) is 8.78. The van der Waals surface area contributed by atoms with Crippen LogP contribution in [-0.2, 0) is 6.42 Å². The first-order chi connectivity index (χ1) is 13.7. The van der Waals surface area contributed by atoms with Crippen LogP contribution in [0.4, 0.5) is 0 Å². The molecule has 0 saturated carbocycles. The molecule has 2 aromatic rings.